The van der Waals surface area contributed by atoms with Crippen molar-refractivity contribution in [2.75, 3.05) is 6.54 Å². The molecule has 3 heteroatoms. The predicted molar refractivity (Wildman–Crippen MR) is 42.3 cm³/mol. The summed E-state index contributed by atoms with van der Waals surface area (Å²) in [7, 11) is 0. The van der Waals surface area contributed by atoms with Crippen molar-refractivity contribution in [3.63, 3.8) is 0 Å². The fourth-order valence-corrected chi connectivity index (χ4v) is 0.726. The maximum Gasteiger partial charge on any atom is 0.111 e. The largest absolute Gasteiger partial charge is 0.301 e. The van der Waals surface area contributed by atoms with Gasteiger partial charge in [0.1, 0.15) is 6.01 Å². The van der Waals surface area contributed by atoms with Crippen LogP contribution >= 0.6 is 0 Å². The molecular formula is C7H15N3. The fourth-order valence-electron chi connectivity index (χ4n) is 0.726. The Kier molecular flexibility index (Phi) is 7.51. The molecule has 0 aliphatic rings. The molecule has 0 heterocycles. The topological polar surface area (TPSA) is 48.2 Å². The minimum Gasteiger partial charge on any atom is -0.301 e. The van der Waals surface area contributed by atoms with E-state index in [0.29, 0.717) is 0 Å². The third-order valence-corrected chi connectivity index (χ3v) is 1.28. The highest BCUT2D eigenvalue weighted by Crippen LogP contribution is 1.96. The van der Waals surface area contributed by atoms with Crippen molar-refractivity contribution in [3.05, 3.63) is 0 Å². The third kappa shape index (κ3) is 7.18. The first kappa shape index (κ1) is 9.18. The summed E-state index contributed by atoms with van der Waals surface area (Å²) in [6.07, 6.45) is 4.93. The molecule has 3 nitrogen and oxygen atoms in total. The summed E-state index contributed by atoms with van der Waals surface area (Å²) < 4.78 is 0. The zero-order chi connectivity index (χ0) is 7.66. The zero-order valence-corrected chi connectivity index (χ0v) is 6.48. The van der Waals surface area contributed by atoms with Crippen molar-refractivity contribution in [2.24, 2.45) is 5.10 Å². The SMILES string of the molecule is CCCCCCNN=C=N. The highest BCUT2D eigenvalue weighted by Gasteiger charge is 1.84. The number of hydrogen-bond donors (Lipinski definition) is 2. The van der Waals surface area contributed by atoms with Crippen molar-refractivity contribution >= 4 is 6.01 Å². The molecule has 58 valence electrons. The Morgan fingerprint density at radius 1 is 1.40 bits per heavy atom. The highest BCUT2D eigenvalue weighted by molar-refractivity contribution is 5.34. The van der Waals surface area contributed by atoms with Crippen LogP contribution in [0.1, 0.15) is 32.6 Å². The molecule has 0 spiro atoms. The number of unbranched alkanes of at least 4 members (excludes halogenated alkanes) is 3. The summed E-state index contributed by atoms with van der Waals surface area (Å²) in [6.45, 7) is 3.05. The van der Waals surface area contributed by atoms with Crippen molar-refractivity contribution in [3.8, 4) is 0 Å². The second kappa shape index (κ2) is 8.18. The first-order chi connectivity index (χ1) is 4.91. The Morgan fingerprint density at radius 2 is 2.20 bits per heavy atom. The molecule has 0 saturated carbocycles. The van der Waals surface area contributed by atoms with Gasteiger partial charge >= 0.3 is 0 Å². The van der Waals surface area contributed by atoms with Gasteiger partial charge in [0.2, 0.25) is 0 Å². The number of nitrogens with zero attached hydrogens (tertiary/aromatic N) is 1. The molecule has 0 amide bonds. The molecule has 0 fully saturated rings. The molecule has 0 aromatic heterocycles. The van der Waals surface area contributed by atoms with E-state index in [1.165, 1.54) is 19.3 Å². The summed E-state index contributed by atoms with van der Waals surface area (Å²) >= 11 is 0. The highest BCUT2D eigenvalue weighted by atomic mass is 15.3. The molecule has 0 aromatic carbocycles. The van der Waals surface area contributed by atoms with Gasteiger partial charge in [0.15, 0.2) is 0 Å². The summed E-state index contributed by atoms with van der Waals surface area (Å²) in [5, 5.41) is 9.88. The van der Waals surface area contributed by atoms with Gasteiger partial charge in [-0.3, -0.25) is 0 Å². The molecule has 0 unspecified atom stereocenters. The third-order valence-electron chi connectivity index (χ3n) is 1.28. The standard InChI is InChI=1S/C7H15N3/c1-2-3-4-5-6-9-10-7-8/h8-9H,2-6H2,1H3. The molecule has 0 aliphatic heterocycles. The predicted octanol–water partition coefficient (Wildman–Crippen LogP) is 1.82. The molecule has 0 aromatic rings. The lowest BCUT2D eigenvalue weighted by Gasteiger charge is -1.96. The average Bonchev–Trinajstić information content (AvgIpc) is 1.97. The van der Waals surface area contributed by atoms with E-state index in [9.17, 15) is 0 Å². The van der Waals surface area contributed by atoms with Crippen LogP contribution < -0.4 is 5.43 Å². The van der Waals surface area contributed by atoms with Crippen LogP contribution in [0.15, 0.2) is 5.10 Å². The van der Waals surface area contributed by atoms with E-state index < -0.39 is 0 Å². The molecule has 0 bridgehead atoms. The van der Waals surface area contributed by atoms with Crippen molar-refractivity contribution in [1.29, 1.82) is 5.41 Å². The molecule has 0 radical (unpaired) electrons. The van der Waals surface area contributed by atoms with E-state index in [1.807, 2.05) is 6.01 Å². The molecule has 0 aliphatic carbocycles. The lowest BCUT2D eigenvalue weighted by atomic mass is 10.2. The monoisotopic (exact) mass is 141 g/mol. The van der Waals surface area contributed by atoms with E-state index >= 15 is 0 Å². The molecule has 10 heavy (non-hydrogen) atoms. The molecule has 0 rings (SSSR count). The molecule has 0 saturated heterocycles. The number of nitrogens with one attached hydrogen (secondary N) is 2. The lowest BCUT2D eigenvalue weighted by Crippen LogP contribution is -2.05. The summed E-state index contributed by atoms with van der Waals surface area (Å²) in [4.78, 5) is 0. The van der Waals surface area contributed by atoms with Gasteiger partial charge in [-0.1, -0.05) is 26.2 Å². The fraction of sp³-hybridized carbons (Fsp3) is 0.857. The van der Waals surface area contributed by atoms with Gasteiger partial charge in [-0.2, -0.15) is 0 Å². The Morgan fingerprint density at radius 3 is 2.80 bits per heavy atom. The maximum absolute atomic E-state index is 6.44. The van der Waals surface area contributed by atoms with E-state index in [0.717, 1.165) is 13.0 Å². The normalized spacial score (nSPS) is 8.50. The quantitative estimate of drug-likeness (QED) is 0.331. The minimum atomic E-state index is 0.867. The van der Waals surface area contributed by atoms with Crippen LogP contribution in [0.2, 0.25) is 0 Å². The van der Waals surface area contributed by atoms with E-state index in [1.54, 1.807) is 0 Å². The van der Waals surface area contributed by atoms with Gasteiger partial charge in [0, 0.05) is 6.54 Å². The average molecular weight is 141 g/mol. The van der Waals surface area contributed by atoms with E-state index in [4.69, 9.17) is 5.41 Å². The van der Waals surface area contributed by atoms with Crippen molar-refractivity contribution < 1.29 is 0 Å². The van der Waals surface area contributed by atoms with Gasteiger partial charge in [0.25, 0.3) is 0 Å². The van der Waals surface area contributed by atoms with Crippen LogP contribution in [0.5, 0.6) is 0 Å². The molecular weight excluding hydrogens is 126 g/mol. The Balaban J connectivity index is 2.83. The number of hydrazone groups is 1. The maximum atomic E-state index is 6.44. The molecule has 0 atom stereocenters. The minimum absolute atomic E-state index is 0.867. The second-order valence-electron chi connectivity index (χ2n) is 2.19. The summed E-state index contributed by atoms with van der Waals surface area (Å²) in [5.41, 5.74) is 2.72. The second-order valence-corrected chi connectivity index (χ2v) is 2.19. The Labute approximate surface area is 62.0 Å². The van der Waals surface area contributed by atoms with Gasteiger partial charge in [-0.15, -0.1) is 5.10 Å². The summed E-state index contributed by atoms with van der Waals surface area (Å²) in [5.74, 6) is 0. The van der Waals surface area contributed by atoms with Crippen LogP contribution in [-0.2, 0) is 0 Å². The molecule has 2 N–H and O–H groups in total. The first-order valence-electron chi connectivity index (χ1n) is 3.76. The van der Waals surface area contributed by atoms with Crippen LogP contribution in [0, 0.1) is 5.41 Å². The van der Waals surface area contributed by atoms with Crippen LogP contribution in [0.4, 0.5) is 0 Å². The first-order valence-corrected chi connectivity index (χ1v) is 3.76. The van der Waals surface area contributed by atoms with Gasteiger partial charge in [-0.25, -0.2) is 5.41 Å². The van der Waals surface area contributed by atoms with Crippen LogP contribution in [0.3, 0.4) is 0 Å². The number of rotatable bonds is 6. The Hall–Kier alpha value is -0.820. The zero-order valence-electron chi connectivity index (χ0n) is 6.48. The number of hydrogen-bond acceptors (Lipinski definition) is 3. The smallest absolute Gasteiger partial charge is 0.111 e. The van der Waals surface area contributed by atoms with Crippen molar-refractivity contribution in [2.45, 2.75) is 32.6 Å². The van der Waals surface area contributed by atoms with Gasteiger partial charge < -0.3 is 5.43 Å². The van der Waals surface area contributed by atoms with E-state index in [2.05, 4.69) is 17.5 Å². The van der Waals surface area contributed by atoms with Gasteiger partial charge in [0.05, 0.1) is 0 Å². The van der Waals surface area contributed by atoms with Crippen molar-refractivity contribution in [1.82, 2.24) is 5.43 Å². The lowest BCUT2D eigenvalue weighted by molar-refractivity contribution is 0.616. The van der Waals surface area contributed by atoms with E-state index in [-0.39, 0.29) is 0 Å². The van der Waals surface area contributed by atoms with Crippen LogP contribution in [-0.4, -0.2) is 12.6 Å². The Bertz CT molecular complexity index is 105. The summed E-state index contributed by atoms with van der Waals surface area (Å²) in [6, 6.07) is 1.92. The van der Waals surface area contributed by atoms with Gasteiger partial charge in [-0.05, 0) is 6.42 Å². The van der Waals surface area contributed by atoms with Crippen LogP contribution in [0.25, 0.3) is 0 Å².